The van der Waals surface area contributed by atoms with Crippen LogP contribution in [0.1, 0.15) is 33.6 Å². The monoisotopic (exact) mass is 313 g/mol. The Morgan fingerprint density at radius 3 is 2.09 bits per heavy atom. The molecule has 4 atom stereocenters. The molecule has 1 aliphatic heterocycles. The van der Waals surface area contributed by atoms with Crippen LogP contribution in [0.5, 0.6) is 0 Å². The largest absolute Gasteiger partial charge is 0.456 e. The average molecular weight is 313 g/mol. The lowest BCUT2D eigenvalue weighted by Crippen LogP contribution is -2.57. The zero-order valence-electron chi connectivity index (χ0n) is 12.7. The summed E-state index contributed by atoms with van der Waals surface area (Å²) in [6.45, 7) is 3.62. The van der Waals surface area contributed by atoms with E-state index in [2.05, 4.69) is 0 Å². The van der Waals surface area contributed by atoms with Gasteiger partial charge in [-0.15, -0.1) is 0 Å². The molecule has 122 valence electrons. The molecule has 1 fully saturated rings. The van der Waals surface area contributed by atoms with Gasteiger partial charge < -0.3 is 18.9 Å². The number of carbonyl (C=O) groups is 3. The minimum atomic E-state index is -0.970. The maximum atomic E-state index is 11.3. The number of esters is 3. The number of hydrogen-bond donors (Lipinski definition) is 0. The Labute approximate surface area is 128 Å². The lowest BCUT2D eigenvalue weighted by molar-refractivity contribution is -0.226. The van der Waals surface area contributed by atoms with E-state index in [0.29, 0.717) is 6.42 Å². The summed E-state index contributed by atoms with van der Waals surface area (Å²) in [5.74, 6) is -1.75. The summed E-state index contributed by atoms with van der Waals surface area (Å²) in [5, 5.41) is 8.68. The van der Waals surface area contributed by atoms with Gasteiger partial charge in [-0.3, -0.25) is 14.4 Å². The molecule has 1 heterocycles. The standard InChI is InChI=1S/C14H19NO7/c1-8(16)20-12-7-19-11(5-4-6-15)13(21-9(2)17)14(12)22-10(3)18/h11-14H,4-5,7H2,1-3H3/t11-,12+,13+,14+/m0/s1. The Hall–Kier alpha value is -2.14. The first-order valence-electron chi connectivity index (χ1n) is 6.85. The van der Waals surface area contributed by atoms with Crippen LogP contribution in [0, 0.1) is 11.3 Å². The van der Waals surface area contributed by atoms with Crippen LogP contribution in [0.2, 0.25) is 0 Å². The quantitative estimate of drug-likeness (QED) is 0.532. The van der Waals surface area contributed by atoms with Gasteiger partial charge in [0, 0.05) is 27.2 Å². The molecule has 0 saturated carbocycles. The minimum absolute atomic E-state index is 0.00854. The Kier molecular flexibility index (Phi) is 6.79. The van der Waals surface area contributed by atoms with Gasteiger partial charge in [0.05, 0.1) is 18.8 Å². The van der Waals surface area contributed by atoms with Crippen molar-refractivity contribution in [2.45, 2.75) is 58.0 Å². The summed E-state index contributed by atoms with van der Waals surface area (Å²) in [6.07, 6.45) is -2.90. The Bertz CT molecular complexity index is 470. The van der Waals surface area contributed by atoms with Crippen LogP contribution >= 0.6 is 0 Å². The fourth-order valence-corrected chi connectivity index (χ4v) is 2.27. The molecular weight excluding hydrogens is 294 g/mol. The Morgan fingerprint density at radius 1 is 1.05 bits per heavy atom. The van der Waals surface area contributed by atoms with Crippen molar-refractivity contribution in [1.29, 1.82) is 5.26 Å². The van der Waals surface area contributed by atoms with E-state index in [1.807, 2.05) is 6.07 Å². The topological polar surface area (TPSA) is 112 Å². The van der Waals surface area contributed by atoms with Crippen molar-refractivity contribution in [2.24, 2.45) is 0 Å². The number of carbonyl (C=O) groups excluding carboxylic acids is 3. The number of rotatable bonds is 5. The second kappa shape index (κ2) is 8.34. The smallest absolute Gasteiger partial charge is 0.303 e. The first-order chi connectivity index (χ1) is 10.3. The van der Waals surface area contributed by atoms with Gasteiger partial charge in [-0.05, 0) is 6.42 Å². The molecule has 0 spiro atoms. The van der Waals surface area contributed by atoms with Crippen LogP contribution in [0.15, 0.2) is 0 Å². The molecule has 0 unspecified atom stereocenters. The summed E-state index contributed by atoms with van der Waals surface area (Å²) >= 11 is 0. The second-order valence-electron chi connectivity index (χ2n) is 4.86. The second-order valence-corrected chi connectivity index (χ2v) is 4.86. The highest BCUT2D eigenvalue weighted by Crippen LogP contribution is 2.26. The van der Waals surface area contributed by atoms with Crippen molar-refractivity contribution in [1.82, 2.24) is 0 Å². The minimum Gasteiger partial charge on any atom is -0.456 e. The van der Waals surface area contributed by atoms with Gasteiger partial charge in [0.2, 0.25) is 0 Å². The molecule has 0 bridgehead atoms. The third-order valence-electron chi connectivity index (χ3n) is 2.99. The van der Waals surface area contributed by atoms with E-state index >= 15 is 0 Å². The molecule has 8 heteroatoms. The average Bonchev–Trinajstić information content (AvgIpc) is 2.40. The molecule has 0 aliphatic carbocycles. The number of nitriles is 1. The van der Waals surface area contributed by atoms with E-state index in [4.69, 9.17) is 24.2 Å². The first kappa shape index (κ1) is 17.9. The lowest BCUT2D eigenvalue weighted by Gasteiger charge is -2.40. The van der Waals surface area contributed by atoms with Crippen LogP contribution in [0.3, 0.4) is 0 Å². The molecule has 8 nitrogen and oxygen atoms in total. The van der Waals surface area contributed by atoms with Crippen LogP contribution < -0.4 is 0 Å². The van der Waals surface area contributed by atoms with Gasteiger partial charge in [0.1, 0.15) is 0 Å². The molecule has 0 amide bonds. The zero-order valence-corrected chi connectivity index (χ0v) is 12.7. The molecule has 0 aromatic carbocycles. The maximum absolute atomic E-state index is 11.3. The van der Waals surface area contributed by atoms with E-state index in [1.54, 1.807) is 0 Å². The molecule has 1 aliphatic rings. The van der Waals surface area contributed by atoms with Crippen molar-refractivity contribution in [2.75, 3.05) is 6.61 Å². The summed E-state index contributed by atoms with van der Waals surface area (Å²) in [5.41, 5.74) is 0. The van der Waals surface area contributed by atoms with Crippen molar-refractivity contribution < 1.29 is 33.3 Å². The van der Waals surface area contributed by atoms with Crippen molar-refractivity contribution >= 4 is 17.9 Å². The lowest BCUT2D eigenvalue weighted by atomic mass is 9.96. The number of nitrogens with zero attached hydrogens (tertiary/aromatic N) is 1. The van der Waals surface area contributed by atoms with E-state index in [-0.39, 0.29) is 13.0 Å². The van der Waals surface area contributed by atoms with Gasteiger partial charge in [-0.2, -0.15) is 5.26 Å². The maximum Gasteiger partial charge on any atom is 0.303 e. The molecule has 0 aromatic rings. The summed E-state index contributed by atoms with van der Waals surface area (Å²) in [4.78, 5) is 33.8. The Morgan fingerprint density at radius 2 is 1.59 bits per heavy atom. The number of ether oxygens (including phenoxy) is 4. The molecule has 1 saturated heterocycles. The van der Waals surface area contributed by atoms with Crippen LogP contribution in [-0.2, 0) is 33.3 Å². The van der Waals surface area contributed by atoms with Crippen molar-refractivity contribution in [3.8, 4) is 6.07 Å². The third kappa shape index (κ3) is 5.33. The first-order valence-corrected chi connectivity index (χ1v) is 6.85. The van der Waals surface area contributed by atoms with Gasteiger partial charge in [-0.25, -0.2) is 0 Å². The highest BCUT2D eigenvalue weighted by Gasteiger charge is 2.46. The predicted molar refractivity (Wildman–Crippen MR) is 71.2 cm³/mol. The van der Waals surface area contributed by atoms with Gasteiger partial charge in [0.15, 0.2) is 18.3 Å². The fraction of sp³-hybridized carbons (Fsp3) is 0.714. The Balaban J connectivity index is 2.98. The van der Waals surface area contributed by atoms with Gasteiger partial charge >= 0.3 is 17.9 Å². The summed E-state index contributed by atoms with van der Waals surface area (Å²) in [7, 11) is 0. The SMILES string of the molecule is CC(=O)O[C@H]1[C@H](OC(C)=O)[C@H](OC(C)=O)CO[C@H]1CCC#N. The molecule has 0 radical (unpaired) electrons. The van der Waals surface area contributed by atoms with E-state index in [1.165, 1.54) is 20.8 Å². The normalized spacial score (nSPS) is 27.4. The number of hydrogen-bond acceptors (Lipinski definition) is 8. The van der Waals surface area contributed by atoms with Gasteiger partial charge in [-0.1, -0.05) is 0 Å². The van der Waals surface area contributed by atoms with Crippen LogP contribution in [0.4, 0.5) is 0 Å². The zero-order chi connectivity index (χ0) is 16.7. The third-order valence-corrected chi connectivity index (χ3v) is 2.99. The van der Waals surface area contributed by atoms with Gasteiger partial charge in [0.25, 0.3) is 0 Å². The molecule has 0 N–H and O–H groups in total. The molecule has 0 aromatic heterocycles. The van der Waals surface area contributed by atoms with Crippen molar-refractivity contribution in [3.63, 3.8) is 0 Å². The summed E-state index contributed by atoms with van der Waals surface area (Å²) in [6, 6.07) is 1.97. The van der Waals surface area contributed by atoms with E-state index in [0.717, 1.165) is 0 Å². The highest BCUT2D eigenvalue weighted by molar-refractivity contribution is 5.68. The van der Waals surface area contributed by atoms with Crippen molar-refractivity contribution in [3.05, 3.63) is 0 Å². The van der Waals surface area contributed by atoms with E-state index in [9.17, 15) is 14.4 Å². The molecule has 1 rings (SSSR count). The fourth-order valence-electron chi connectivity index (χ4n) is 2.27. The van der Waals surface area contributed by atoms with Crippen LogP contribution in [0.25, 0.3) is 0 Å². The molecule has 22 heavy (non-hydrogen) atoms. The molecular formula is C14H19NO7. The van der Waals surface area contributed by atoms with E-state index < -0.39 is 42.3 Å². The summed E-state index contributed by atoms with van der Waals surface area (Å²) < 4.78 is 21.0. The van der Waals surface area contributed by atoms with Crippen LogP contribution in [-0.4, -0.2) is 48.9 Å². The predicted octanol–water partition coefficient (Wildman–Crippen LogP) is 0.484. The highest BCUT2D eigenvalue weighted by atomic mass is 16.6.